The first-order valence-corrected chi connectivity index (χ1v) is 10.9. The maximum absolute atomic E-state index is 12.9. The second kappa shape index (κ2) is 9.08. The Morgan fingerprint density at radius 1 is 0.939 bits per heavy atom. The zero-order valence-electron chi connectivity index (χ0n) is 18.3. The van der Waals surface area contributed by atoms with Crippen LogP contribution in [-0.4, -0.2) is 32.7 Å². The lowest BCUT2D eigenvalue weighted by molar-refractivity contribution is -0.119. The fourth-order valence-electron chi connectivity index (χ4n) is 3.98. The molecule has 0 saturated heterocycles. The molecule has 0 aliphatic carbocycles. The van der Waals surface area contributed by atoms with Crippen LogP contribution in [0.25, 0.3) is 5.70 Å². The summed E-state index contributed by atoms with van der Waals surface area (Å²) in [5.74, 6) is 0.432. The molecule has 1 aromatic heterocycles. The fourth-order valence-corrected chi connectivity index (χ4v) is 3.98. The highest BCUT2D eigenvalue weighted by molar-refractivity contribution is 5.89. The SMILES string of the molecule is Cc1ccc(C2=C[C@@H](c3ccccc3)n3nnnc3N2CC(=O)NCc2ccccc2)cc1. The van der Waals surface area contributed by atoms with Gasteiger partial charge in [-0.05, 0) is 40.1 Å². The van der Waals surface area contributed by atoms with Crippen LogP contribution < -0.4 is 10.2 Å². The molecule has 0 unspecified atom stereocenters. The molecule has 2 heterocycles. The Balaban J connectivity index is 1.48. The van der Waals surface area contributed by atoms with E-state index in [-0.39, 0.29) is 18.5 Å². The number of rotatable bonds is 6. The number of hydrogen-bond acceptors (Lipinski definition) is 5. The predicted octanol–water partition coefficient (Wildman–Crippen LogP) is 3.75. The third-order valence-corrected chi connectivity index (χ3v) is 5.71. The van der Waals surface area contributed by atoms with Crippen LogP contribution in [0, 0.1) is 6.92 Å². The van der Waals surface area contributed by atoms with Gasteiger partial charge in [0.15, 0.2) is 0 Å². The van der Waals surface area contributed by atoms with Gasteiger partial charge in [-0.3, -0.25) is 9.69 Å². The van der Waals surface area contributed by atoms with Crippen molar-refractivity contribution in [3.05, 3.63) is 113 Å². The number of fused-ring (bicyclic) bond motifs is 1. The van der Waals surface area contributed by atoms with Crippen LogP contribution in [0.2, 0.25) is 0 Å². The minimum atomic E-state index is -0.170. The van der Waals surface area contributed by atoms with Crippen LogP contribution in [0.15, 0.2) is 91.0 Å². The van der Waals surface area contributed by atoms with Crippen molar-refractivity contribution in [2.24, 2.45) is 0 Å². The molecule has 164 valence electrons. The van der Waals surface area contributed by atoms with Crippen molar-refractivity contribution in [1.82, 2.24) is 25.5 Å². The van der Waals surface area contributed by atoms with E-state index in [9.17, 15) is 4.79 Å². The number of hydrogen-bond donors (Lipinski definition) is 1. The monoisotopic (exact) mass is 436 g/mol. The number of benzene rings is 3. The van der Waals surface area contributed by atoms with Crippen LogP contribution in [0.1, 0.15) is 28.3 Å². The van der Waals surface area contributed by atoms with Crippen molar-refractivity contribution in [2.45, 2.75) is 19.5 Å². The molecule has 1 amide bonds. The molecule has 0 bridgehead atoms. The Morgan fingerprint density at radius 2 is 1.64 bits per heavy atom. The molecule has 4 aromatic rings. The smallest absolute Gasteiger partial charge is 0.251 e. The van der Waals surface area contributed by atoms with Gasteiger partial charge in [0, 0.05) is 6.54 Å². The largest absolute Gasteiger partial charge is 0.350 e. The average molecular weight is 437 g/mol. The zero-order chi connectivity index (χ0) is 22.6. The maximum atomic E-state index is 12.9. The molecule has 7 nitrogen and oxygen atoms in total. The fraction of sp³-hybridized carbons (Fsp3) is 0.154. The van der Waals surface area contributed by atoms with Crippen LogP contribution in [0.3, 0.4) is 0 Å². The van der Waals surface area contributed by atoms with Gasteiger partial charge in [-0.15, -0.1) is 0 Å². The molecular weight excluding hydrogens is 412 g/mol. The van der Waals surface area contributed by atoms with E-state index in [1.54, 1.807) is 4.68 Å². The second-order valence-electron chi connectivity index (χ2n) is 8.05. The third-order valence-electron chi connectivity index (χ3n) is 5.71. The van der Waals surface area contributed by atoms with E-state index in [0.717, 1.165) is 22.4 Å². The predicted molar refractivity (Wildman–Crippen MR) is 127 cm³/mol. The third kappa shape index (κ3) is 4.39. The highest BCUT2D eigenvalue weighted by Crippen LogP contribution is 2.36. The van der Waals surface area contributed by atoms with Crippen LogP contribution in [-0.2, 0) is 11.3 Å². The Hall–Kier alpha value is -4.26. The first-order valence-electron chi connectivity index (χ1n) is 10.9. The lowest BCUT2D eigenvalue weighted by Gasteiger charge is -2.32. The topological polar surface area (TPSA) is 75.9 Å². The standard InChI is InChI=1S/C26H24N6O/c1-19-12-14-22(15-13-19)23-16-24(21-10-6-3-7-11-21)32-26(28-29-30-32)31(23)18-25(33)27-17-20-8-4-2-5-9-20/h2-16,24H,17-18H2,1H3,(H,27,33)/t24-/m0/s1. The van der Waals surface area contributed by atoms with Crippen LogP contribution in [0.5, 0.6) is 0 Å². The summed E-state index contributed by atoms with van der Waals surface area (Å²) in [4.78, 5) is 14.8. The number of aryl methyl sites for hydroxylation is 1. The number of nitrogens with zero attached hydrogens (tertiary/aromatic N) is 5. The number of aromatic nitrogens is 4. The number of amides is 1. The molecule has 1 aliphatic heterocycles. The lowest BCUT2D eigenvalue weighted by Crippen LogP contribution is -2.39. The summed E-state index contributed by atoms with van der Waals surface area (Å²) in [6, 6.07) is 28.1. The summed E-state index contributed by atoms with van der Waals surface area (Å²) in [6.45, 7) is 2.63. The molecule has 0 saturated carbocycles. The molecule has 3 aromatic carbocycles. The van der Waals surface area contributed by atoms with Gasteiger partial charge >= 0.3 is 0 Å². The molecule has 0 radical (unpaired) electrons. The Bertz CT molecular complexity index is 1270. The number of allylic oxidation sites excluding steroid dienone is 1. The van der Waals surface area contributed by atoms with Gasteiger partial charge in [-0.25, -0.2) is 0 Å². The van der Waals surface area contributed by atoms with Crippen molar-refractivity contribution in [2.75, 3.05) is 11.4 Å². The molecule has 1 N–H and O–H groups in total. The first kappa shape index (κ1) is 20.6. The van der Waals surface area contributed by atoms with Crippen molar-refractivity contribution >= 4 is 17.6 Å². The highest BCUT2D eigenvalue weighted by atomic mass is 16.2. The van der Waals surface area contributed by atoms with Crippen LogP contribution >= 0.6 is 0 Å². The Kier molecular flexibility index (Phi) is 5.68. The van der Waals surface area contributed by atoms with Gasteiger partial charge in [0.25, 0.3) is 5.95 Å². The highest BCUT2D eigenvalue weighted by Gasteiger charge is 2.31. The maximum Gasteiger partial charge on any atom is 0.251 e. The number of tetrazole rings is 1. The van der Waals surface area contributed by atoms with Gasteiger partial charge in [-0.2, -0.15) is 4.68 Å². The summed E-state index contributed by atoms with van der Waals surface area (Å²) in [5.41, 5.74) is 5.20. The number of anilines is 1. The first-order chi connectivity index (χ1) is 16.2. The summed E-state index contributed by atoms with van der Waals surface area (Å²) in [5, 5.41) is 15.5. The second-order valence-corrected chi connectivity index (χ2v) is 8.05. The molecule has 7 heteroatoms. The summed E-state index contributed by atoms with van der Waals surface area (Å²) < 4.78 is 1.76. The van der Waals surface area contributed by atoms with Gasteiger partial charge in [0.05, 0.1) is 5.70 Å². The summed E-state index contributed by atoms with van der Waals surface area (Å²) in [6.07, 6.45) is 2.12. The minimum Gasteiger partial charge on any atom is -0.350 e. The molecule has 5 rings (SSSR count). The van der Waals surface area contributed by atoms with E-state index < -0.39 is 0 Å². The van der Waals surface area contributed by atoms with E-state index in [1.807, 2.05) is 53.4 Å². The summed E-state index contributed by atoms with van der Waals surface area (Å²) >= 11 is 0. The molecule has 33 heavy (non-hydrogen) atoms. The molecule has 1 aliphatic rings. The Morgan fingerprint density at radius 3 is 2.36 bits per heavy atom. The van der Waals surface area contributed by atoms with E-state index in [1.165, 1.54) is 5.56 Å². The zero-order valence-corrected chi connectivity index (χ0v) is 18.3. The van der Waals surface area contributed by atoms with E-state index in [2.05, 4.69) is 70.2 Å². The quantitative estimate of drug-likeness (QED) is 0.498. The molecule has 0 spiro atoms. The molecular formula is C26H24N6O. The van der Waals surface area contributed by atoms with Gasteiger partial charge in [0.2, 0.25) is 5.91 Å². The Labute approximate surface area is 192 Å². The van der Waals surface area contributed by atoms with Gasteiger partial charge in [-0.1, -0.05) is 95.6 Å². The van der Waals surface area contributed by atoms with Crippen molar-refractivity contribution in [1.29, 1.82) is 0 Å². The van der Waals surface area contributed by atoms with Gasteiger partial charge in [0.1, 0.15) is 12.6 Å². The van der Waals surface area contributed by atoms with Crippen molar-refractivity contribution in [3.8, 4) is 0 Å². The van der Waals surface area contributed by atoms with Crippen molar-refractivity contribution in [3.63, 3.8) is 0 Å². The number of carbonyl (C=O) groups is 1. The van der Waals surface area contributed by atoms with Gasteiger partial charge < -0.3 is 5.32 Å². The van der Waals surface area contributed by atoms with Crippen molar-refractivity contribution < 1.29 is 4.79 Å². The van der Waals surface area contributed by atoms with Crippen LogP contribution in [0.4, 0.5) is 5.95 Å². The normalized spacial score (nSPS) is 15.0. The van der Waals surface area contributed by atoms with E-state index >= 15 is 0 Å². The number of carbonyl (C=O) groups excluding carboxylic acids is 1. The lowest BCUT2D eigenvalue weighted by atomic mass is 10.00. The molecule has 0 fully saturated rings. The number of nitrogens with one attached hydrogen (secondary N) is 1. The van der Waals surface area contributed by atoms with E-state index in [0.29, 0.717) is 12.5 Å². The average Bonchev–Trinajstić information content (AvgIpc) is 3.35. The molecule has 1 atom stereocenters. The van der Waals surface area contributed by atoms with E-state index in [4.69, 9.17) is 0 Å². The minimum absolute atomic E-state index is 0.106. The summed E-state index contributed by atoms with van der Waals surface area (Å²) in [7, 11) is 0.